The number of piperidine rings is 1. The molecule has 1 fully saturated rings. The van der Waals surface area contributed by atoms with Crippen LogP contribution in [-0.4, -0.2) is 30.1 Å². The van der Waals surface area contributed by atoms with Gasteiger partial charge in [0.05, 0.1) is 6.04 Å². The molecule has 4 heteroatoms. The number of rotatable bonds is 4. The molecule has 0 amide bonds. The van der Waals surface area contributed by atoms with Gasteiger partial charge in [0, 0.05) is 24.7 Å². The molecule has 1 aliphatic heterocycles. The first-order valence-electron chi connectivity index (χ1n) is 9.47. The van der Waals surface area contributed by atoms with Crippen molar-refractivity contribution in [3.63, 3.8) is 0 Å². The number of nitrogens with one attached hydrogen (secondary N) is 1. The summed E-state index contributed by atoms with van der Waals surface area (Å²) in [4.78, 5) is 11.4. The van der Waals surface area contributed by atoms with Crippen molar-refractivity contribution in [2.24, 2.45) is 0 Å². The van der Waals surface area contributed by atoms with Crippen molar-refractivity contribution >= 4 is 16.6 Å². The molecule has 0 unspecified atom stereocenters. The van der Waals surface area contributed by atoms with Crippen molar-refractivity contribution in [1.82, 2.24) is 15.3 Å². The Bertz CT molecular complexity index is 881. The van der Waals surface area contributed by atoms with Crippen molar-refractivity contribution in [2.75, 3.05) is 25.0 Å². The zero-order valence-electron chi connectivity index (χ0n) is 15.5. The molecule has 1 aromatic heterocycles. The van der Waals surface area contributed by atoms with Crippen molar-refractivity contribution in [3.8, 4) is 0 Å². The number of benzene rings is 2. The lowest BCUT2D eigenvalue weighted by Gasteiger charge is -2.28. The standard InChI is InChI=1S/C22H26N4/c1-16(19-9-5-7-17-6-3-4-8-20(17)19)26(2)22-14-21(24-15-25-22)18-10-12-23-13-11-18/h3-9,14-16,18,23H,10-13H2,1-2H3/t16-/m1/s1. The highest BCUT2D eigenvalue weighted by Gasteiger charge is 2.20. The molecule has 4 nitrogen and oxygen atoms in total. The summed E-state index contributed by atoms with van der Waals surface area (Å²) >= 11 is 0. The minimum absolute atomic E-state index is 0.233. The quantitative estimate of drug-likeness (QED) is 0.765. The maximum atomic E-state index is 4.56. The molecule has 134 valence electrons. The van der Waals surface area contributed by atoms with Crippen LogP contribution in [0.4, 0.5) is 5.82 Å². The molecule has 1 aliphatic rings. The Morgan fingerprint density at radius 3 is 2.65 bits per heavy atom. The zero-order valence-corrected chi connectivity index (χ0v) is 15.5. The van der Waals surface area contributed by atoms with Gasteiger partial charge in [-0.3, -0.25) is 0 Å². The number of fused-ring (bicyclic) bond motifs is 1. The molecule has 0 radical (unpaired) electrons. The molecule has 0 spiro atoms. The van der Waals surface area contributed by atoms with Gasteiger partial charge >= 0.3 is 0 Å². The first-order chi connectivity index (χ1) is 12.7. The van der Waals surface area contributed by atoms with Crippen LogP contribution in [0.25, 0.3) is 10.8 Å². The van der Waals surface area contributed by atoms with Gasteiger partial charge in [0.1, 0.15) is 12.1 Å². The van der Waals surface area contributed by atoms with E-state index in [9.17, 15) is 0 Å². The van der Waals surface area contributed by atoms with Gasteiger partial charge in [0.2, 0.25) is 0 Å². The third-order valence-corrected chi connectivity index (χ3v) is 5.65. The minimum atomic E-state index is 0.233. The number of aromatic nitrogens is 2. The summed E-state index contributed by atoms with van der Waals surface area (Å²) in [6.45, 7) is 4.40. The molecule has 2 heterocycles. The molecule has 2 aromatic carbocycles. The van der Waals surface area contributed by atoms with Crippen LogP contribution in [0, 0.1) is 0 Å². The molecule has 1 saturated heterocycles. The highest BCUT2D eigenvalue weighted by atomic mass is 15.2. The first kappa shape index (κ1) is 17.0. The van der Waals surface area contributed by atoms with E-state index >= 15 is 0 Å². The van der Waals surface area contributed by atoms with Gasteiger partial charge in [0.15, 0.2) is 0 Å². The molecule has 0 bridgehead atoms. The summed E-state index contributed by atoms with van der Waals surface area (Å²) in [6.07, 6.45) is 4.02. The summed E-state index contributed by atoms with van der Waals surface area (Å²) in [5.74, 6) is 1.54. The fourth-order valence-corrected chi connectivity index (χ4v) is 3.92. The average Bonchev–Trinajstić information content (AvgIpc) is 2.73. The first-order valence-corrected chi connectivity index (χ1v) is 9.47. The van der Waals surface area contributed by atoms with Crippen LogP contribution in [0.15, 0.2) is 54.9 Å². The fourth-order valence-electron chi connectivity index (χ4n) is 3.92. The lowest BCUT2D eigenvalue weighted by atomic mass is 9.94. The largest absolute Gasteiger partial charge is 0.353 e. The third-order valence-electron chi connectivity index (χ3n) is 5.65. The molecule has 26 heavy (non-hydrogen) atoms. The number of hydrogen-bond acceptors (Lipinski definition) is 4. The van der Waals surface area contributed by atoms with Crippen molar-refractivity contribution < 1.29 is 0 Å². The topological polar surface area (TPSA) is 41.0 Å². The maximum Gasteiger partial charge on any atom is 0.132 e. The predicted molar refractivity (Wildman–Crippen MR) is 108 cm³/mol. The lowest BCUT2D eigenvalue weighted by Crippen LogP contribution is -2.27. The molecule has 0 aliphatic carbocycles. The molecular weight excluding hydrogens is 320 g/mol. The van der Waals surface area contributed by atoms with E-state index in [1.165, 1.54) is 22.0 Å². The molecular formula is C22H26N4. The fraction of sp³-hybridized carbons (Fsp3) is 0.364. The van der Waals surface area contributed by atoms with E-state index in [1.54, 1.807) is 6.33 Å². The van der Waals surface area contributed by atoms with Gasteiger partial charge in [-0.2, -0.15) is 0 Å². The zero-order chi connectivity index (χ0) is 17.9. The summed E-state index contributed by atoms with van der Waals surface area (Å²) in [5.41, 5.74) is 2.50. The monoisotopic (exact) mass is 346 g/mol. The van der Waals surface area contributed by atoms with E-state index in [1.807, 2.05) is 0 Å². The van der Waals surface area contributed by atoms with Crippen LogP contribution >= 0.6 is 0 Å². The van der Waals surface area contributed by atoms with Crippen molar-refractivity contribution in [3.05, 3.63) is 66.1 Å². The molecule has 1 N–H and O–H groups in total. The number of nitrogens with zero attached hydrogens (tertiary/aromatic N) is 3. The van der Waals surface area contributed by atoms with E-state index in [-0.39, 0.29) is 6.04 Å². The SMILES string of the molecule is C[C@H](c1cccc2ccccc12)N(C)c1cc(C2CCNCC2)ncn1. The second-order valence-corrected chi connectivity index (χ2v) is 7.18. The highest BCUT2D eigenvalue weighted by molar-refractivity contribution is 5.86. The lowest BCUT2D eigenvalue weighted by molar-refractivity contribution is 0.452. The van der Waals surface area contributed by atoms with Gasteiger partial charge in [-0.25, -0.2) is 9.97 Å². The van der Waals surface area contributed by atoms with Crippen LogP contribution in [0.1, 0.15) is 43.0 Å². The number of anilines is 1. The molecule has 3 aromatic rings. The number of hydrogen-bond donors (Lipinski definition) is 1. The maximum absolute atomic E-state index is 4.56. The van der Waals surface area contributed by atoms with Crippen LogP contribution < -0.4 is 10.2 Å². The highest BCUT2D eigenvalue weighted by Crippen LogP contribution is 2.31. The van der Waals surface area contributed by atoms with Gasteiger partial charge < -0.3 is 10.2 Å². The van der Waals surface area contributed by atoms with Crippen LogP contribution in [0.2, 0.25) is 0 Å². The second kappa shape index (κ2) is 7.42. The predicted octanol–water partition coefficient (Wildman–Crippen LogP) is 4.29. The summed E-state index contributed by atoms with van der Waals surface area (Å²) in [7, 11) is 2.13. The van der Waals surface area contributed by atoms with Crippen LogP contribution in [-0.2, 0) is 0 Å². The molecule has 4 rings (SSSR count). The Kier molecular flexibility index (Phi) is 4.85. The second-order valence-electron chi connectivity index (χ2n) is 7.18. The smallest absolute Gasteiger partial charge is 0.132 e. The Morgan fingerprint density at radius 2 is 1.81 bits per heavy atom. The van der Waals surface area contributed by atoms with Crippen molar-refractivity contribution in [2.45, 2.75) is 31.7 Å². The Hall–Kier alpha value is -2.46. The van der Waals surface area contributed by atoms with Gasteiger partial charge in [0.25, 0.3) is 0 Å². The summed E-state index contributed by atoms with van der Waals surface area (Å²) < 4.78 is 0. The van der Waals surface area contributed by atoms with Gasteiger partial charge in [-0.15, -0.1) is 0 Å². The van der Waals surface area contributed by atoms with Crippen LogP contribution in [0.5, 0.6) is 0 Å². The van der Waals surface area contributed by atoms with Gasteiger partial charge in [-0.05, 0) is 49.2 Å². The van der Waals surface area contributed by atoms with E-state index in [0.717, 1.165) is 31.7 Å². The van der Waals surface area contributed by atoms with Gasteiger partial charge in [-0.1, -0.05) is 42.5 Å². The molecule has 1 atom stereocenters. The third kappa shape index (κ3) is 3.29. The van der Waals surface area contributed by atoms with Crippen LogP contribution in [0.3, 0.4) is 0 Å². The van der Waals surface area contributed by atoms with E-state index in [0.29, 0.717) is 5.92 Å². The average molecular weight is 346 g/mol. The summed E-state index contributed by atoms with van der Waals surface area (Å²) in [6, 6.07) is 17.5. The minimum Gasteiger partial charge on any atom is -0.353 e. The van der Waals surface area contributed by atoms with Crippen molar-refractivity contribution in [1.29, 1.82) is 0 Å². The Morgan fingerprint density at radius 1 is 1.04 bits per heavy atom. The Balaban J connectivity index is 1.63. The van der Waals surface area contributed by atoms with E-state index in [2.05, 4.69) is 82.7 Å². The van der Waals surface area contributed by atoms with E-state index in [4.69, 9.17) is 0 Å². The molecule has 0 saturated carbocycles. The van der Waals surface area contributed by atoms with E-state index < -0.39 is 0 Å². The normalized spacial score (nSPS) is 16.5. The Labute approximate surface area is 155 Å². The summed E-state index contributed by atoms with van der Waals surface area (Å²) in [5, 5.41) is 6.01.